The van der Waals surface area contributed by atoms with Crippen LogP contribution in [0, 0.1) is 23.2 Å². The zero-order valence-electron chi connectivity index (χ0n) is 19.5. The van der Waals surface area contributed by atoms with Crippen molar-refractivity contribution in [3.8, 4) is 0 Å². The van der Waals surface area contributed by atoms with Crippen molar-refractivity contribution < 1.29 is 6.22 Å². The number of carbonyl (C=O) groups excluding carboxylic acids is 1. The van der Waals surface area contributed by atoms with Crippen LogP contribution in [0.3, 0.4) is 0 Å². The standard InChI is InChI=1S/C28H39N3O.H2/c32-26(31-12-3-4-13-31)29-25-19-27(24-6-2-1-5-22(24)25)10-15-30(16-11-27)14-9-20-17-28-18-21(28)7-8-23(20)28;/h1-2,5-6,20-21,23,25H,3-4,7-19H2,(H,29,32);1H/t20?,21-,23+,25+,28?;/m1./s1. The van der Waals surface area contributed by atoms with Gasteiger partial charge in [0.1, 0.15) is 0 Å². The molecule has 2 aliphatic heterocycles. The number of nitrogens with zero attached hydrogens (tertiary/aromatic N) is 2. The Morgan fingerprint density at radius 1 is 1.03 bits per heavy atom. The maximum atomic E-state index is 12.8. The smallest absolute Gasteiger partial charge is 0.317 e. The van der Waals surface area contributed by atoms with Crippen LogP contribution in [-0.4, -0.2) is 48.6 Å². The fourth-order valence-corrected chi connectivity index (χ4v) is 9.00. The zero-order valence-corrected chi connectivity index (χ0v) is 19.5. The van der Waals surface area contributed by atoms with Gasteiger partial charge in [0.05, 0.1) is 6.04 Å². The third-order valence-corrected chi connectivity index (χ3v) is 10.9. The number of hydrogen-bond acceptors (Lipinski definition) is 2. The van der Waals surface area contributed by atoms with E-state index >= 15 is 0 Å². The molecule has 7 rings (SSSR count). The highest BCUT2D eigenvalue weighted by Gasteiger charge is 2.70. The van der Waals surface area contributed by atoms with Gasteiger partial charge in [0, 0.05) is 19.9 Å². The molecule has 3 saturated carbocycles. The maximum absolute atomic E-state index is 12.8. The topological polar surface area (TPSA) is 35.6 Å². The van der Waals surface area contributed by atoms with Crippen molar-refractivity contribution in [3.05, 3.63) is 35.4 Å². The molecule has 2 unspecified atom stereocenters. The molecule has 2 heterocycles. The van der Waals surface area contributed by atoms with E-state index in [1.54, 1.807) is 25.7 Å². The lowest BCUT2D eigenvalue weighted by atomic mass is 9.61. The lowest BCUT2D eigenvalue weighted by Gasteiger charge is -2.46. The number of fused-ring (bicyclic) bond motifs is 2. The molecule has 32 heavy (non-hydrogen) atoms. The molecule has 5 fully saturated rings. The largest absolute Gasteiger partial charge is 0.331 e. The number of amides is 2. The predicted molar refractivity (Wildman–Crippen MR) is 129 cm³/mol. The average molecular weight is 436 g/mol. The van der Waals surface area contributed by atoms with E-state index in [4.69, 9.17) is 0 Å². The molecule has 2 spiro atoms. The Hall–Kier alpha value is -1.55. The Balaban J connectivity index is 0.00000206. The first-order valence-electron chi connectivity index (χ1n) is 13.5. The Morgan fingerprint density at radius 2 is 1.84 bits per heavy atom. The molecule has 4 nitrogen and oxygen atoms in total. The van der Waals surface area contributed by atoms with Crippen molar-refractivity contribution in [2.45, 2.75) is 75.7 Å². The van der Waals surface area contributed by atoms with Crippen molar-refractivity contribution in [2.24, 2.45) is 23.2 Å². The molecular weight excluding hydrogens is 394 g/mol. The minimum absolute atomic E-state index is 0. The third-order valence-electron chi connectivity index (χ3n) is 10.9. The Labute approximate surface area is 194 Å². The van der Waals surface area contributed by atoms with Crippen molar-refractivity contribution in [2.75, 3.05) is 32.7 Å². The number of nitrogens with one attached hydrogen (secondary N) is 1. The summed E-state index contributed by atoms with van der Waals surface area (Å²) in [5.41, 5.74) is 4.05. The van der Waals surface area contributed by atoms with Crippen LogP contribution >= 0.6 is 0 Å². The van der Waals surface area contributed by atoms with Crippen LogP contribution in [0.2, 0.25) is 0 Å². The Morgan fingerprint density at radius 3 is 2.62 bits per heavy atom. The van der Waals surface area contributed by atoms with Gasteiger partial charge in [0.15, 0.2) is 0 Å². The molecule has 0 bridgehead atoms. The fraction of sp³-hybridized carbons (Fsp3) is 0.750. The number of carbonyl (C=O) groups is 1. The van der Waals surface area contributed by atoms with Crippen LogP contribution in [0.1, 0.15) is 82.8 Å². The number of urea groups is 1. The first-order chi connectivity index (χ1) is 15.7. The van der Waals surface area contributed by atoms with Crippen molar-refractivity contribution in [3.63, 3.8) is 0 Å². The molecule has 1 N–H and O–H groups in total. The summed E-state index contributed by atoms with van der Waals surface area (Å²) in [7, 11) is 0. The highest BCUT2D eigenvalue weighted by atomic mass is 16.2. The van der Waals surface area contributed by atoms with E-state index in [0.29, 0.717) is 0 Å². The molecule has 0 aromatic heterocycles. The third kappa shape index (κ3) is 2.94. The van der Waals surface area contributed by atoms with Crippen LogP contribution in [0.25, 0.3) is 0 Å². The second-order valence-electron chi connectivity index (χ2n) is 12.2. The van der Waals surface area contributed by atoms with Gasteiger partial charge < -0.3 is 15.1 Å². The van der Waals surface area contributed by atoms with E-state index in [2.05, 4.69) is 34.5 Å². The number of piperidine rings is 1. The maximum Gasteiger partial charge on any atom is 0.317 e. The zero-order chi connectivity index (χ0) is 21.3. The summed E-state index contributed by atoms with van der Waals surface area (Å²) in [6, 6.07) is 9.32. The molecule has 4 heteroatoms. The first kappa shape index (κ1) is 19.9. The highest BCUT2D eigenvalue weighted by molar-refractivity contribution is 5.75. The molecule has 1 aromatic rings. The van der Waals surface area contributed by atoms with Gasteiger partial charge in [-0.25, -0.2) is 4.79 Å². The normalized spacial score (nSPS) is 38.8. The van der Waals surface area contributed by atoms with Crippen LogP contribution < -0.4 is 5.32 Å². The van der Waals surface area contributed by atoms with Gasteiger partial charge in [-0.2, -0.15) is 0 Å². The van der Waals surface area contributed by atoms with Gasteiger partial charge in [0.25, 0.3) is 0 Å². The quantitative estimate of drug-likeness (QED) is 0.693. The van der Waals surface area contributed by atoms with Crippen LogP contribution in [0.5, 0.6) is 0 Å². The summed E-state index contributed by atoms with van der Waals surface area (Å²) in [6.45, 7) is 5.61. The second kappa shape index (κ2) is 7.22. The summed E-state index contributed by atoms with van der Waals surface area (Å²) in [5, 5.41) is 3.42. The lowest BCUT2D eigenvalue weighted by molar-refractivity contribution is 0.0390. The monoisotopic (exact) mass is 435 g/mol. The minimum Gasteiger partial charge on any atom is -0.331 e. The molecule has 0 radical (unpaired) electrons. The fourth-order valence-electron chi connectivity index (χ4n) is 9.00. The molecule has 6 aliphatic rings. The number of likely N-dealkylation sites (tertiary alicyclic amines) is 2. The average Bonchev–Trinajstić information content (AvgIpc) is 3.11. The SMILES string of the molecule is O=C(N[C@H]1CC2(CCN(CCC3CC45C[C@H]4CC[C@@H]35)CC2)c2ccccc21)N1CCCC1.[HH]. The minimum atomic E-state index is 0. The summed E-state index contributed by atoms with van der Waals surface area (Å²) in [6.07, 6.45) is 13.6. The number of benzene rings is 1. The molecule has 2 saturated heterocycles. The molecule has 1 aromatic carbocycles. The molecule has 174 valence electrons. The Bertz CT molecular complexity index is 904. The van der Waals surface area contributed by atoms with Crippen LogP contribution in [-0.2, 0) is 5.41 Å². The van der Waals surface area contributed by atoms with Gasteiger partial charge >= 0.3 is 6.03 Å². The molecule has 2 amide bonds. The summed E-state index contributed by atoms with van der Waals surface area (Å²) < 4.78 is 0. The molecule has 5 atom stereocenters. The highest BCUT2D eigenvalue weighted by Crippen LogP contribution is 2.78. The second-order valence-corrected chi connectivity index (χ2v) is 12.2. The van der Waals surface area contributed by atoms with Crippen molar-refractivity contribution in [1.82, 2.24) is 15.1 Å². The van der Waals surface area contributed by atoms with Crippen LogP contribution in [0.15, 0.2) is 24.3 Å². The molecule has 4 aliphatic carbocycles. The van der Waals surface area contributed by atoms with Gasteiger partial charge in [-0.05, 0) is 118 Å². The number of rotatable bonds is 4. The van der Waals surface area contributed by atoms with E-state index in [1.165, 1.54) is 50.0 Å². The van der Waals surface area contributed by atoms with Crippen LogP contribution in [0.4, 0.5) is 4.79 Å². The molecular formula is C28H41N3O. The van der Waals surface area contributed by atoms with Gasteiger partial charge in [-0.3, -0.25) is 0 Å². The summed E-state index contributed by atoms with van der Waals surface area (Å²) >= 11 is 0. The predicted octanol–water partition coefficient (Wildman–Crippen LogP) is 5.34. The van der Waals surface area contributed by atoms with Crippen molar-refractivity contribution >= 4 is 6.03 Å². The van der Waals surface area contributed by atoms with E-state index < -0.39 is 0 Å². The summed E-state index contributed by atoms with van der Waals surface area (Å²) in [5.74, 6) is 3.28. The van der Waals surface area contributed by atoms with Gasteiger partial charge in [-0.1, -0.05) is 24.3 Å². The first-order valence-corrected chi connectivity index (χ1v) is 13.5. The van der Waals surface area contributed by atoms with E-state index in [9.17, 15) is 4.79 Å². The van der Waals surface area contributed by atoms with Gasteiger partial charge in [-0.15, -0.1) is 0 Å². The van der Waals surface area contributed by atoms with E-state index in [0.717, 1.165) is 55.5 Å². The van der Waals surface area contributed by atoms with E-state index in [1.807, 2.05) is 4.90 Å². The van der Waals surface area contributed by atoms with Crippen molar-refractivity contribution in [1.29, 1.82) is 0 Å². The Kier molecular flexibility index (Phi) is 4.49. The lowest BCUT2D eigenvalue weighted by Crippen LogP contribution is -2.45. The van der Waals surface area contributed by atoms with E-state index in [-0.39, 0.29) is 18.9 Å². The summed E-state index contributed by atoms with van der Waals surface area (Å²) in [4.78, 5) is 17.6. The van der Waals surface area contributed by atoms with Gasteiger partial charge in [0.2, 0.25) is 0 Å². The number of hydrogen-bond donors (Lipinski definition) is 1.